The Morgan fingerprint density at radius 3 is 2.88 bits per heavy atom. The van der Waals surface area contributed by atoms with Crippen molar-refractivity contribution in [1.29, 1.82) is 5.26 Å². The fourth-order valence-electron chi connectivity index (χ4n) is 1.35. The van der Waals surface area contributed by atoms with Gasteiger partial charge < -0.3 is 5.73 Å². The maximum atomic E-state index is 13.7. The standard InChI is InChI=1S/C10H4BrClFN3/c11-7-6(12)1-5-9(15)4(2-14)3-16-10(5)8(7)13/h1,3H,(H2,15,16). The first-order chi connectivity index (χ1) is 7.56. The first-order valence-corrected chi connectivity index (χ1v) is 5.35. The van der Waals surface area contributed by atoms with Crippen LogP contribution in [0.3, 0.4) is 0 Å². The lowest BCUT2D eigenvalue weighted by molar-refractivity contribution is 0.630. The van der Waals surface area contributed by atoms with Gasteiger partial charge in [-0.25, -0.2) is 4.39 Å². The fraction of sp³-hybridized carbons (Fsp3) is 0. The summed E-state index contributed by atoms with van der Waals surface area (Å²) in [7, 11) is 0. The molecule has 2 aromatic rings. The summed E-state index contributed by atoms with van der Waals surface area (Å²) in [6.07, 6.45) is 1.24. The maximum absolute atomic E-state index is 13.7. The number of nitrogens with two attached hydrogens (primary N) is 1. The highest BCUT2D eigenvalue weighted by atomic mass is 79.9. The average molecular weight is 301 g/mol. The second kappa shape index (κ2) is 3.89. The minimum absolute atomic E-state index is 0.0905. The number of nitrogen functional groups attached to an aromatic ring is 1. The van der Waals surface area contributed by atoms with Gasteiger partial charge in [-0.1, -0.05) is 11.6 Å². The molecule has 0 bridgehead atoms. The monoisotopic (exact) mass is 299 g/mol. The lowest BCUT2D eigenvalue weighted by atomic mass is 10.1. The number of fused-ring (bicyclic) bond motifs is 1. The Labute approximate surface area is 104 Å². The summed E-state index contributed by atoms with van der Waals surface area (Å²) < 4.78 is 13.9. The van der Waals surface area contributed by atoms with Crippen LogP contribution in [-0.4, -0.2) is 4.98 Å². The van der Waals surface area contributed by atoms with Crippen LogP contribution in [0.4, 0.5) is 10.1 Å². The van der Waals surface area contributed by atoms with Crippen molar-refractivity contribution >= 4 is 44.1 Å². The van der Waals surface area contributed by atoms with Crippen LogP contribution in [0.1, 0.15) is 5.56 Å². The van der Waals surface area contributed by atoms with Crippen molar-refractivity contribution in [3.63, 3.8) is 0 Å². The number of aromatic nitrogens is 1. The van der Waals surface area contributed by atoms with E-state index in [1.54, 1.807) is 0 Å². The van der Waals surface area contributed by atoms with E-state index >= 15 is 0 Å². The van der Waals surface area contributed by atoms with Gasteiger partial charge in [-0.15, -0.1) is 0 Å². The number of halogens is 3. The van der Waals surface area contributed by atoms with E-state index in [4.69, 9.17) is 22.6 Å². The summed E-state index contributed by atoms with van der Waals surface area (Å²) >= 11 is 8.81. The molecule has 80 valence electrons. The molecule has 2 N–H and O–H groups in total. The SMILES string of the molecule is N#Cc1cnc2c(F)c(Br)c(Cl)cc2c1N. The number of pyridine rings is 1. The molecule has 2 rings (SSSR count). The molecule has 0 radical (unpaired) electrons. The molecule has 1 aromatic heterocycles. The molecule has 0 atom stereocenters. The van der Waals surface area contributed by atoms with Gasteiger partial charge >= 0.3 is 0 Å². The van der Waals surface area contributed by atoms with Crippen LogP contribution in [0.15, 0.2) is 16.7 Å². The molecule has 0 fully saturated rings. The van der Waals surface area contributed by atoms with Crippen LogP contribution in [0.5, 0.6) is 0 Å². The summed E-state index contributed by atoms with van der Waals surface area (Å²) in [6, 6.07) is 3.36. The molecular weight excluding hydrogens is 296 g/mol. The van der Waals surface area contributed by atoms with Crippen LogP contribution in [0.25, 0.3) is 10.9 Å². The number of benzene rings is 1. The zero-order valence-electron chi connectivity index (χ0n) is 7.76. The average Bonchev–Trinajstić information content (AvgIpc) is 2.28. The molecule has 1 heterocycles. The van der Waals surface area contributed by atoms with E-state index in [9.17, 15) is 4.39 Å². The number of hydrogen-bond acceptors (Lipinski definition) is 3. The number of hydrogen-bond donors (Lipinski definition) is 1. The van der Waals surface area contributed by atoms with E-state index in [-0.39, 0.29) is 26.3 Å². The molecule has 0 saturated carbocycles. The van der Waals surface area contributed by atoms with Crippen molar-refractivity contribution in [2.45, 2.75) is 0 Å². The fourth-order valence-corrected chi connectivity index (χ4v) is 1.84. The van der Waals surface area contributed by atoms with Crippen LogP contribution in [0, 0.1) is 17.1 Å². The molecule has 0 unspecified atom stereocenters. The van der Waals surface area contributed by atoms with Crippen molar-refractivity contribution in [3.05, 3.63) is 33.1 Å². The molecule has 0 saturated heterocycles. The summed E-state index contributed by atoms with van der Waals surface area (Å²) in [5.41, 5.74) is 6.19. The van der Waals surface area contributed by atoms with Gasteiger partial charge in [0, 0.05) is 11.6 Å². The Kier molecular flexibility index (Phi) is 2.70. The van der Waals surface area contributed by atoms with E-state index in [0.717, 1.165) is 0 Å². The second-order valence-electron chi connectivity index (χ2n) is 3.08. The molecule has 0 aliphatic rings. The molecule has 1 aromatic carbocycles. The Morgan fingerprint density at radius 1 is 1.56 bits per heavy atom. The van der Waals surface area contributed by atoms with E-state index < -0.39 is 5.82 Å². The zero-order valence-corrected chi connectivity index (χ0v) is 10.1. The Hall–Kier alpha value is -1.38. The Bertz CT molecular complexity index is 636. The van der Waals surface area contributed by atoms with Crippen molar-refractivity contribution in [3.8, 4) is 6.07 Å². The highest BCUT2D eigenvalue weighted by molar-refractivity contribution is 9.10. The second-order valence-corrected chi connectivity index (χ2v) is 4.28. The molecule has 0 aliphatic heterocycles. The van der Waals surface area contributed by atoms with Gasteiger partial charge in [-0.2, -0.15) is 5.26 Å². The van der Waals surface area contributed by atoms with E-state index in [0.29, 0.717) is 5.39 Å². The highest BCUT2D eigenvalue weighted by Crippen LogP contribution is 2.34. The highest BCUT2D eigenvalue weighted by Gasteiger charge is 2.14. The molecule has 3 nitrogen and oxygen atoms in total. The maximum Gasteiger partial charge on any atom is 0.165 e. The molecule has 16 heavy (non-hydrogen) atoms. The van der Waals surface area contributed by atoms with Gasteiger partial charge in [0.05, 0.1) is 20.7 Å². The predicted octanol–water partition coefficient (Wildman–Crippen LogP) is 3.24. The summed E-state index contributed by atoms with van der Waals surface area (Å²) in [6.45, 7) is 0. The Balaban J connectivity index is 2.98. The van der Waals surface area contributed by atoms with Crippen molar-refractivity contribution < 1.29 is 4.39 Å². The minimum Gasteiger partial charge on any atom is -0.397 e. The van der Waals surface area contributed by atoms with Gasteiger partial charge in [0.2, 0.25) is 0 Å². The van der Waals surface area contributed by atoms with Gasteiger partial charge in [0.25, 0.3) is 0 Å². The van der Waals surface area contributed by atoms with Gasteiger partial charge in [-0.05, 0) is 22.0 Å². The number of nitrogens with zero attached hydrogens (tertiary/aromatic N) is 2. The van der Waals surface area contributed by atoms with Crippen LogP contribution in [0.2, 0.25) is 5.02 Å². The number of rotatable bonds is 0. The Morgan fingerprint density at radius 2 is 2.25 bits per heavy atom. The third-order valence-corrected chi connectivity index (χ3v) is 3.46. The third kappa shape index (κ3) is 1.51. The van der Waals surface area contributed by atoms with E-state index in [1.807, 2.05) is 6.07 Å². The minimum atomic E-state index is -0.585. The number of anilines is 1. The van der Waals surface area contributed by atoms with Crippen molar-refractivity contribution in [2.75, 3.05) is 5.73 Å². The predicted molar refractivity (Wildman–Crippen MR) is 63.5 cm³/mol. The van der Waals surface area contributed by atoms with Crippen molar-refractivity contribution in [1.82, 2.24) is 4.98 Å². The summed E-state index contributed by atoms with van der Waals surface area (Å²) in [5.74, 6) is -0.585. The van der Waals surface area contributed by atoms with Gasteiger partial charge in [0.15, 0.2) is 5.82 Å². The van der Waals surface area contributed by atoms with E-state index in [2.05, 4.69) is 20.9 Å². The largest absolute Gasteiger partial charge is 0.397 e. The van der Waals surface area contributed by atoms with Crippen molar-refractivity contribution in [2.24, 2.45) is 0 Å². The lowest BCUT2D eigenvalue weighted by Crippen LogP contribution is -1.96. The molecule has 0 aliphatic carbocycles. The topological polar surface area (TPSA) is 62.7 Å². The first kappa shape index (κ1) is 11.1. The quantitative estimate of drug-likeness (QED) is 0.760. The number of nitriles is 1. The summed E-state index contributed by atoms with van der Waals surface area (Å²) in [4.78, 5) is 3.85. The zero-order chi connectivity index (χ0) is 11.9. The molecule has 0 spiro atoms. The van der Waals surface area contributed by atoms with Crippen LogP contribution in [-0.2, 0) is 0 Å². The normalized spacial score (nSPS) is 10.4. The molecular formula is C10H4BrClFN3. The van der Waals surface area contributed by atoms with Crippen LogP contribution < -0.4 is 5.73 Å². The van der Waals surface area contributed by atoms with Gasteiger partial charge in [-0.3, -0.25) is 4.98 Å². The van der Waals surface area contributed by atoms with Crippen LogP contribution >= 0.6 is 27.5 Å². The van der Waals surface area contributed by atoms with E-state index in [1.165, 1.54) is 12.3 Å². The van der Waals surface area contributed by atoms with Gasteiger partial charge in [0.1, 0.15) is 11.6 Å². The lowest BCUT2D eigenvalue weighted by Gasteiger charge is -2.06. The first-order valence-electron chi connectivity index (χ1n) is 4.18. The smallest absolute Gasteiger partial charge is 0.165 e. The molecule has 0 amide bonds. The third-order valence-electron chi connectivity index (χ3n) is 2.16. The molecule has 6 heteroatoms. The summed E-state index contributed by atoms with van der Waals surface area (Å²) in [5, 5.41) is 9.29.